The zero-order chi connectivity index (χ0) is 13.8. The van der Waals surface area contributed by atoms with E-state index in [4.69, 9.17) is 9.84 Å². The van der Waals surface area contributed by atoms with Gasteiger partial charge in [0.25, 0.3) is 0 Å². The van der Waals surface area contributed by atoms with Crippen molar-refractivity contribution in [3.63, 3.8) is 0 Å². The molecule has 0 spiro atoms. The molecule has 19 heavy (non-hydrogen) atoms. The van der Waals surface area contributed by atoms with Crippen LogP contribution in [0.5, 0.6) is 11.5 Å². The Bertz CT molecular complexity index is 571. The number of aromatic carboxylic acids is 1. The highest BCUT2D eigenvalue weighted by Crippen LogP contribution is 2.26. The number of ether oxygens (including phenoxy) is 1. The first-order valence-corrected chi connectivity index (χ1v) is 6.18. The highest BCUT2D eigenvalue weighted by Gasteiger charge is 2.10. The molecule has 98 valence electrons. The van der Waals surface area contributed by atoms with Gasteiger partial charge in [0.2, 0.25) is 0 Å². The smallest absolute Gasteiger partial charge is 0.339 e. The van der Waals surface area contributed by atoms with Crippen molar-refractivity contribution in [2.24, 2.45) is 0 Å². The first-order valence-electron chi connectivity index (χ1n) is 6.18. The minimum Gasteiger partial charge on any atom is -0.478 e. The quantitative estimate of drug-likeness (QED) is 0.887. The fraction of sp³-hybridized carbons (Fsp3) is 0.188. The zero-order valence-corrected chi connectivity index (χ0v) is 11.0. The van der Waals surface area contributed by atoms with Crippen molar-refractivity contribution < 1.29 is 14.6 Å². The average Bonchev–Trinajstić information content (AvgIpc) is 2.39. The van der Waals surface area contributed by atoms with Crippen molar-refractivity contribution in [2.75, 3.05) is 0 Å². The minimum absolute atomic E-state index is 0.162. The second kappa shape index (κ2) is 5.57. The monoisotopic (exact) mass is 256 g/mol. The van der Waals surface area contributed by atoms with E-state index in [1.807, 2.05) is 24.3 Å². The van der Waals surface area contributed by atoms with Gasteiger partial charge >= 0.3 is 5.97 Å². The van der Waals surface area contributed by atoms with Crippen LogP contribution in [0.25, 0.3) is 0 Å². The van der Waals surface area contributed by atoms with E-state index in [0.29, 0.717) is 17.4 Å². The summed E-state index contributed by atoms with van der Waals surface area (Å²) in [6.45, 7) is 4.24. The highest BCUT2D eigenvalue weighted by molar-refractivity contribution is 5.90. The van der Waals surface area contributed by atoms with Crippen LogP contribution >= 0.6 is 0 Å². The molecule has 0 fully saturated rings. The lowest BCUT2D eigenvalue weighted by atomic mass is 10.0. The fourth-order valence-electron chi connectivity index (χ4n) is 1.78. The Morgan fingerprint density at radius 3 is 2.26 bits per heavy atom. The van der Waals surface area contributed by atoms with E-state index in [1.54, 1.807) is 18.2 Å². The minimum atomic E-state index is -0.991. The maximum Gasteiger partial charge on any atom is 0.339 e. The molecule has 3 nitrogen and oxygen atoms in total. The summed E-state index contributed by atoms with van der Waals surface area (Å²) in [6.07, 6.45) is 0. The summed E-state index contributed by atoms with van der Waals surface area (Å²) in [5.41, 5.74) is 1.38. The summed E-state index contributed by atoms with van der Waals surface area (Å²) in [5.74, 6) is 0.458. The third-order valence-corrected chi connectivity index (χ3v) is 2.89. The van der Waals surface area contributed by atoms with Crippen LogP contribution < -0.4 is 4.74 Å². The molecule has 0 amide bonds. The maximum atomic E-state index is 11.1. The second-order valence-electron chi connectivity index (χ2n) is 4.63. The van der Waals surface area contributed by atoms with Crippen LogP contribution in [0.3, 0.4) is 0 Å². The van der Waals surface area contributed by atoms with Crippen LogP contribution in [0, 0.1) is 0 Å². The van der Waals surface area contributed by atoms with Gasteiger partial charge in [-0.25, -0.2) is 4.79 Å². The van der Waals surface area contributed by atoms with Crippen molar-refractivity contribution in [3.8, 4) is 11.5 Å². The van der Waals surface area contributed by atoms with E-state index >= 15 is 0 Å². The number of hydrogen-bond acceptors (Lipinski definition) is 2. The Morgan fingerprint density at radius 1 is 1.05 bits per heavy atom. The van der Waals surface area contributed by atoms with E-state index in [1.165, 1.54) is 11.6 Å². The number of carboxylic acids is 1. The predicted octanol–water partition coefficient (Wildman–Crippen LogP) is 4.30. The van der Waals surface area contributed by atoms with E-state index in [2.05, 4.69) is 13.8 Å². The first kappa shape index (κ1) is 13.1. The van der Waals surface area contributed by atoms with E-state index < -0.39 is 5.97 Å². The van der Waals surface area contributed by atoms with Crippen molar-refractivity contribution in [3.05, 3.63) is 59.7 Å². The van der Waals surface area contributed by atoms with Gasteiger partial charge in [0.15, 0.2) is 0 Å². The molecular formula is C16H16O3. The third-order valence-electron chi connectivity index (χ3n) is 2.89. The average molecular weight is 256 g/mol. The number of carboxylic acid groups (broad SMARTS) is 1. The van der Waals surface area contributed by atoms with Crippen molar-refractivity contribution in [1.29, 1.82) is 0 Å². The molecule has 2 aromatic carbocycles. The molecule has 2 aromatic rings. The predicted molar refractivity (Wildman–Crippen MR) is 74.0 cm³/mol. The van der Waals surface area contributed by atoms with Crippen LogP contribution in [0.2, 0.25) is 0 Å². The fourth-order valence-corrected chi connectivity index (χ4v) is 1.78. The third kappa shape index (κ3) is 3.13. The Balaban J connectivity index is 2.24. The Morgan fingerprint density at radius 2 is 1.68 bits per heavy atom. The standard InChI is InChI=1S/C16H16O3/c1-11(2)12-7-9-13(10-8-12)19-15-6-4-3-5-14(15)16(17)18/h3-11H,1-2H3,(H,17,18). The molecule has 0 saturated carbocycles. The van der Waals surface area contributed by atoms with Crippen molar-refractivity contribution in [2.45, 2.75) is 19.8 Å². The van der Waals surface area contributed by atoms with Gasteiger partial charge in [-0.1, -0.05) is 38.1 Å². The number of rotatable bonds is 4. The van der Waals surface area contributed by atoms with Gasteiger partial charge in [0.05, 0.1) is 0 Å². The van der Waals surface area contributed by atoms with E-state index in [-0.39, 0.29) is 5.56 Å². The summed E-state index contributed by atoms with van der Waals surface area (Å²) < 4.78 is 5.62. The summed E-state index contributed by atoms with van der Waals surface area (Å²) >= 11 is 0. The molecule has 0 radical (unpaired) electrons. The van der Waals surface area contributed by atoms with Gasteiger partial charge in [0, 0.05) is 0 Å². The van der Waals surface area contributed by atoms with Gasteiger partial charge < -0.3 is 9.84 Å². The summed E-state index contributed by atoms with van der Waals surface area (Å²) in [4.78, 5) is 11.1. The van der Waals surface area contributed by atoms with Crippen LogP contribution in [0.1, 0.15) is 35.7 Å². The molecule has 0 aromatic heterocycles. The summed E-state index contributed by atoms with van der Waals surface area (Å²) in [6, 6.07) is 14.3. The van der Waals surface area contributed by atoms with Crippen molar-refractivity contribution >= 4 is 5.97 Å². The molecule has 3 heteroatoms. The van der Waals surface area contributed by atoms with Crippen LogP contribution in [0.4, 0.5) is 0 Å². The molecule has 0 aliphatic carbocycles. The zero-order valence-electron chi connectivity index (χ0n) is 11.0. The molecule has 0 saturated heterocycles. The number of para-hydroxylation sites is 1. The molecule has 2 rings (SSSR count). The molecule has 0 bridgehead atoms. The van der Waals surface area contributed by atoms with Crippen LogP contribution in [0.15, 0.2) is 48.5 Å². The highest BCUT2D eigenvalue weighted by atomic mass is 16.5. The topological polar surface area (TPSA) is 46.5 Å². The van der Waals surface area contributed by atoms with Crippen LogP contribution in [-0.4, -0.2) is 11.1 Å². The SMILES string of the molecule is CC(C)c1ccc(Oc2ccccc2C(=O)O)cc1. The molecule has 1 N–H and O–H groups in total. The Labute approximate surface area is 112 Å². The van der Waals surface area contributed by atoms with Gasteiger partial charge in [0.1, 0.15) is 17.1 Å². The lowest BCUT2D eigenvalue weighted by molar-refractivity contribution is 0.0694. The molecule has 0 atom stereocenters. The molecule has 0 heterocycles. The van der Waals surface area contributed by atoms with E-state index in [0.717, 1.165) is 0 Å². The Hall–Kier alpha value is -2.29. The van der Waals surface area contributed by atoms with Gasteiger partial charge in [-0.3, -0.25) is 0 Å². The number of benzene rings is 2. The number of carbonyl (C=O) groups is 1. The van der Waals surface area contributed by atoms with Gasteiger partial charge in [-0.05, 0) is 35.7 Å². The number of hydrogen-bond donors (Lipinski definition) is 1. The molecular weight excluding hydrogens is 240 g/mol. The lowest BCUT2D eigenvalue weighted by Gasteiger charge is -2.10. The summed E-state index contributed by atoms with van der Waals surface area (Å²) in [5, 5.41) is 9.08. The maximum absolute atomic E-state index is 11.1. The van der Waals surface area contributed by atoms with Gasteiger partial charge in [-0.15, -0.1) is 0 Å². The second-order valence-corrected chi connectivity index (χ2v) is 4.63. The summed E-state index contributed by atoms with van der Waals surface area (Å²) in [7, 11) is 0. The molecule has 0 aliphatic rings. The first-order chi connectivity index (χ1) is 9.08. The van der Waals surface area contributed by atoms with E-state index in [9.17, 15) is 4.79 Å². The molecule has 0 unspecified atom stereocenters. The normalized spacial score (nSPS) is 10.5. The lowest BCUT2D eigenvalue weighted by Crippen LogP contribution is -1.99. The largest absolute Gasteiger partial charge is 0.478 e. The van der Waals surface area contributed by atoms with Gasteiger partial charge in [-0.2, -0.15) is 0 Å². The Kier molecular flexibility index (Phi) is 3.85. The molecule has 0 aliphatic heterocycles. The van der Waals surface area contributed by atoms with Crippen molar-refractivity contribution in [1.82, 2.24) is 0 Å². The van der Waals surface area contributed by atoms with Crippen LogP contribution in [-0.2, 0) is 0 Å².